The molecule has 0 radical (unpaired) electrons. The SMILES string of the molecule is COc1cc(OC)c(F)c(COc2cnc(Nc3cnc(N4CCOCC4)nc3)nc2)c1F. The average molecular weight is 460 g/mol. The van der Waals surface area contributed by atoms with Crippen molar-refractivity contribution in [2.75, 3.05) is 50.7 Å². The van der Waals surface area contributed by atoms with Gasteiger partial charge < -0.3 is 29.2 Å². The number of rotatable bonds is 8. The van der Waals surface area contributed by atoms with Gasteiger partial charge in [0.25, 0.3) is 0 Å². The molecule has 0 unspecified atom stereocenters. The lowest BCUT2D eigenvalue weighted by molar-refractivity contribution is 0.122. The second kappa shape index (κ2) is 10.2. The van der Waals surface area contributed by atoms with Gasteiger partial charge in [-0.1, -0.05) is 0 Å². The lowest BCUT2D eigenvalue weighted by atomic mass is 10.1. The quantitative estimate of drug-likeness (QED) is 0.540. The highest BCUT2D eigenvalue weighted by atomic mass is 19.1. The number of nitrogens with one attached hydrogen (secondary N) is 1. The molecule has 33 heavy (non-hydrogen) atoms. The van der Waals surface area contributed by atoms with Gasteiger partial charge in [-0.2, -0.15) is 0 Å². The van der Waals surface area contributed by atoms with Crippen LogP contribution in [0.15, 0.2) is 30.9 Å². The van der Waals surface area contributed by atoms with E-state index < -0.39 is 18.2 Å². The molecule has 174 valence electrons. The summed E-state index contributed by atoms with van der Waals surface area (Å²) >= 11 is 0. The Labute approximate surface area is 188 Å². The molecule has 0 aliphatic carbocycles. The number of methoxy groups -OCH3 is 2. The maximum Gasteiger partial charge on any atom is 0.227 e. The molecule has 0 saturated carbocycles. The molecule has 0 spiro atoms. The molecule has 12 heteroatoms. The maximum atomic E-state index is 14.4. The molecule has 10 nitrogen and oxygen atoms in total. The predicted molar refractivity (Wildman–Crippen MR) is 114 cm³/mol. The number of morpholine rings is 1. The highest BCUT2D eigenvalue weighted by molar-refractivity contribution is 5.51. The van der Waals surface area contributed by atoms with Gasteiger partial charge in [-0.25, -0.2) is 28.7 Å². The minimum atomic E-state index is -0.865. The number of ether oxygens (including phenoxy) is 4. The Morgan fingerprint density at radius 3 is 2.12 bits per heavy atom. The summed E-state index contributed by atoms with van der Waals surface area (Å²) in [5.74, 6) is -0.896. The molecule has 3 heterocycles. The number of hydrogen-bond acceptors (Lipinski definition) is 10. The number of benzene rings is 1. The summed E-state index contributed by atoms with van der Waals surface area (Å²) in [5.41, 5.74) is 0.277. The molecule has 0 amide bonds. The molecule has 0 atom stereocenters. The van der Waals surface area contributed by atoms with E-state index in [0.29, 0.717) is 24.8 Å². The van der Waals surface area contributed by atoms with Crippen molar-refractivity contribution in [2.45, 2.75) is 6.61 Å². The fourth-order valence-electron chi connectivity index (χ4n) is 3.12. The third-order valence-electron chi connectivity index (χ3n) is 4.86. The molecular formula is C21H22F2N6O4. The summed E-state index contributed by atoms with van der Waals surface area (Å²) in [6, 6.07) is 1.13. The van der Waals surface area contributed by atoms with E-state index in [2.05, 4.69) is 25.3 Å². The summed E-state index contributed by atoms with van der Waals surface area (Å²) in [4.78, 5) is 19.0. The molecule has 1 aliphatic heterocycles. The van der Waals surface area contributed by atoms with Crippen LogP contribution in [0.5, 0.6) is 17.2 Å². The van der Waals surface area contributed by atoms with Crippen molar-refractivity contribution in [3.8, 4) is 17.2 Å². The molecule has 2 aromatic heterocycles. The van der Waals surface area contributed by atoms with Gasteiger partial charge >= 0.3 is 0 Å². The van der Waals surface area contributed by atoms with E-state index in [1.165, 1.54) is 26.6 Å². The number of hydrogen-bond donors (Lipinski definition) is 1. The first kappa shape index (κ1) is 22.4. The summed E-state index contributed by atoms with van der Waals surface area (Å²) in [6.45, 7) is 2.38. The largest absolute Gasteiger partial charge is 0.494 e. The summed E-state index contributed by atoms with van der Waals surface area (Å²) in [5, 5.41) is 2.98. The molecule has 1 saturated heterocycles. The third-order valence-corrected chi connectivity index (χ3v) is 4.86. The van der Waals surface area contributed by atoms with Gasteiger partial charge in [-0.05, 0) is 0 Å². The Morgan fingerprint density at radius 1 is 0.939 bits per heavy atom. The monoisotopic (exact) mass is 460 g/mol. The predicted octanol–water partition coefficient (Wildman–Crippen LogP) is 2.72. The molecule has 1 aliphatic rings. The van der Waals surface area contributed by atoms with E-state index in [0.717, 1.165) is 19.2 Å². The Hall–Kier alpha value is -3.80. The van der Waals surface area contributed by atoms with Crippen LogP contribution in [0.4, 0.5) is 26.4 Å². The third kappa shape index (κ3) is 5.17. The highest BCUT2D eigenvalue weighted by Crippen LogP contribution is 2.32. The molecule has 1 aromatic carbocycles. The number of anilines is 3. The van der Waals surface area contributed by atoms with Gasteiger partial charge in [-0.3, -0.25) is 0 Å². The molecule has 3 aromatic rings. The van der Waals surface area contributed by atoms with E-state index in [-0.39, 0.29) is 28.8 Å². The van der Waals surface area contributed by atoms with Crippen molar-refractivity contribution in [1.82, 2.24) is 19.9 Å². The van der Waals surface area contributed by atoms with Gasteiger partial charge in [0.1, 0.15) is 6.61 Å². The Kier molecular flexibility index (Phi) is 6.93. The summed E-state index contributed by atoms with van der Waals surface area (Å²) in [6.07, 6.45) is 6.03. The normalized spacial score (nSPS) is 13.5. The number of aromatic nitrogens is 4. The molecule has 0 bridgehead atoms. The number of nitrogens with zero attached hydrogens (tertiary/aromatic N) is 5. The van der Waals surface area contributed by atoms with Crippen LogP contribution in [0.3, 0.4) is 0 Å². The maximum absolute atomic E-state index is 14.4. The van der Waals surface area contributed by atoms with Crippen molar-refractivity contribution < 1.29 is 27.7 Å². The van der Waals surface area contributed by atoms with Crippen molar-refractivity contribution in [3.63, 3.8) is 0 Å². The molecular weight excluding hydrogens is 438 g/mol. The van der Waals surface area contributed by atoms with Gasteiger partial charge in [0, 0.05) is 19.2 Å². The topological polar surface area (TPSA) is 104 Å². The first-order valence-electron chi connectivity index (χ1n) is 10.0. The van der Waals surface area contributed by atoms with Crippen LogP contribution >= 0.6 is 0 Å². The van der Waals surface area contributed by atoms with Crippen LogP contribution in [-0.2, 0) is 11.3 Å². The van der Waals surface area contributed by atoms with Crippen LogP contribution in [0, 0.1) is 11.6 Å². The average Bonchev–Trinajstić information content (AvgIpc) is 2.86. The van der Waals surface area contributed by atoms with E-state index in [4.69, 9.17) is 18.9 Å². The first-order valence-corrected chi connectivity index (χ1v) is 10.0. The minimum Gasteiger partial charge on any atom is -0.494 e. The van der Waals surface area contributed by atoms with Gasteiger partial charge in [-0.15, -0.1) is 0 Å². The Balaban J connectivity index is 1.38. The number of halogens is 2. The van der Waals surface area contributed by atoms with E-state index in [1.54, 1.807) is 12.4 Å². The zero-order valence-corrected chi connectivity index (χ0v) is 18.0. The van der Waals surface area contributed by atoms with Crippen molar-refractivity contribution >= 4 is 17.6 Å². The van der Waals surface area contributed by atoms with E-state index in [9.17, 15) is 8.78 Å². The van der Waals surface area contributed by atoms with Gasteiger partial charge in [0.2, 0.25) is 11.9 Å². The lowest BCUT2D eigenvalue weighted by Crippen LogP contribution is -2.37. The lowest BCUT2D eigenvalue weighted by Gasteiger charge is -2.26. The molecule has 1 fully saturated rings. The van der Waals surface area contributed by atoms with Crippen LogP contribution < -0.4 is 24.4 Å². The van der Waals surface area contributed by atoms with Crippen molar-refractivity contribution in [3.05, 3.63) is 48.1 Å². The Bertz CT molecular complexity index is 1050. The van der Waals surface area contributed by atoms with Crippen LogP contribution in [0.25, 0.3) is 0 Å². The summed E-state index contributed by atoms with van der Waals surface area (Å²) < 4.78 is 49.5. The Morgan fingerprint density at radius 2 is 1.55 bits per heavy atom. The second-order valence-electron chi connectivity index (χ2n) is 6.91. The van der Waals surface area contributed by atoms with Crippen LogP contribution in [0.1, 0.15) is 5.56 Å². The second-order valence-corrected chi connectivity index (χ2v) is 6.91. The van der Waals surface area contributed by atoms with E-state index >= 15 is 0 Å². The standard InChI is InChI=1S/C21H22F2N6O4/c1-30-16-7-17(31-2)19(23)15(18(16)22)12-33-14-10-24-20(25-11-14)28-13-8-26-21(27-9-13)29-3-5-32-6-4-29/h7-11H,3-6,12H2,1-2H3,(H,24,25,28). The highest BCUT2D eigenvalue weighted by Gasteiger charge is 2.20. The first-order chi connectivity index (χ1) is 16.1. The smallest absolute Gasteiger partial charge is 0.227 e. The van der Waals surface area contributed by atoms with Crippen LogP contribution in [-0.4, -0.2) is 60.5 Å². The van der Waals surface area contributed by atoms with E-state index in [1.807, 2.05) is 4.90 Å². The zero-order chi connectivity index (χ0) is 23.2. The zero-order valence-electron chi connectivity index (χ0n) is 18.0. The van der Waals surface area contributed by atoms with Crippen molar-refractivity contribution in [2.24, 2.45) is 0 Å². The van der Waals surface area contributed by atoms with Crippen LogP contribution in [0.2, 0.25) is 0 Å². The van der Waals surface area contributed by atoms with Gasteiger partial charge in [0.05, 0.1) is 63.5 Å². The molecule has 1 N–H and O–H groups in total. The fourth-order valence-corrected chi connectivity index (χ4v) is 3.12. The fraction of sp³-hybridized carbons (Fsp3) is 0.333. The van der Waals surface area contributed by atoms with Crippen molar-refractivity contribution in [1.29, 1.82) is 0 Å². The molecule has 4 rings (SSSR count). The van der Waals surface area contributed by atoms with Gasteiger partial charge in [0.15, 0.2) is 28.9 Å². The minimum absolute atomic E-state index is 0.149. The summed E-state index contributed by atoms with van der Waals surface area (Å²) in [7, 11) is 2.56.